The highest BCUT2D eigenvalue weighted by molar-refractivity contribution is 6.70. The second-order valence-corrected chi connectivity index (χ2v) is 11.5. The largest absolute Gasteiger partial charge is 0.401 e. The minimum atomic E-state index is -1.90. The van der Waals surface area contributed by atoms with Crippen LogP contribution in [0.15, 0.2) is 30.3 Å². The van der Waals surface area contributed by atoms with E-state index in [-0.39, 0.29) is 11.7 Å². The molecular formula is C19H26O2Si. The van der Waals surface area contributed by atoms with Crippen LogP contribution < -0.4 is 0 Å². The maximum atomic E-state index is 13.1. The lowest BCUT2D eigenvalue weighted by atomic mass is 9.67. The van der Waals surface area contributed by atoms with Crippen molar-refractivity contribution in [1.29, 1.82) is 0 Å². The highest BCUT2D eigenvalue weighted by atomic mass is 28.4. The van der Waals surface area contributed by atoms with Crippen LogP contribution in [-0.2, 0) is 14.8 Å². The first kappa shape index (κ1) is 17.0. The quantitative estimate of drug-likeness (QED) is 0.546. The zero-order chi connectivity index (χ0) is 16.2. The highest BCUT2D eigenvalue weighted by Gasteiger charge is 2.51. The summed E-state index contributed by atoms with van der Waals surface area (Å²) in [5.41, 5.74) is 0.213. The molecule has 0 aliphatic heterocycles. The summed E-state index contributed by atoms with van der Waals surface area (Å²) >= 11 is 0. The number of carbonyl (C=O) groups excluding carboxylic acids is 1. The summed E-state index contributed by atoms with van der Waals surface area (Å²) in [5, 5.41) is 0. The molecule has 0 heterocycles. The smallest absolute Gasteiger partial charge is 0.185 e. The summed E-state index contributed by atoms with van der Waals surface area (Å²) in [6.07, 6.45) is 9.54. The lowest BCUT2D eigenvalue weighted by Gasteiger charge is -2.47. The first-order valence-corrected chi connectivity index (χ1v) is 11.5. The summed E-state index contributed by atoms with van der Waals surface area (Å²) in [6, 6.07) is 10.0. The fraction of sp³-hybridized carbons (Fsp3) is 0.526. The summed E-state index contributed by atoms with van der Waals surface area (Å²) in [6.45, 7) is 6.45. The number of carbonyl (C=O) groups is 1. The van der Waals surface area contributed by atoms with E-state index in [9.17, 15) is 4.79 Å². The Morgan fingerprint density at radius 3 is 2.41 bits per heavy atom. The number of ketones is 1. The molecule has 1 fully saturated rings. The summed E-state index contributed by atoms with van der Waals surface area (Å²) in [7, 11) is -1.90. The predicted molar refractivity (Wildman–Crippen MR) is 93.0 cm³/mol. The van der Waals surface area contributed by atoms with Crippen LogP contribution in [0.25, 0.3) is 0 Å². The second-order valence-electron chi connectivity index (χ2n) is 7.07. The molecule has 0 aromatic heterocycles. The third kappa shape index (κ3) is 3.51. The van der Waals surface area contributed by atoms with Crippen molar-refractivity contribution in [2.45, 2.75) is 57.3 Å². The van der Waals surface area contributed by atoms with Gasteiger partial charge in [0.1, 0.15) is 5.60 Å². The molecule has 0 N–H and O–H groups in total. The van der Waals surface area contributed by atoms with E-state index in [2.05, 4.69) is 25.6 Å². The van der Waals surface area contributed by atoms with Crippen molar-refractivity contribution >= 4 is 14.1 Å². The van der Waals surface area contributed by atoms with Gasteiger partial charge in [-0.25, -0.2) is 0 Å². The fourth-order valence-corrected chi connectivity index (χ4v) is 4.54. The number of hydrogen-bond donors (Lipinski definition) is 0. The van der Waals surface area contributed by atoms with Crippen molar-refractivity contribution in [1.82, 2.24) is 0 Å². The molecule has 1 atom stereocenters. The Morgan fingerprint density at radius 1 is 1.32 bits per heavy atom. The molecule has 0 saturated heterocycles. The molecule has 2 nitrogen and oxygen atoms in total. The Labute approximate surface area is 135 Å². The highest BCUT2D eigenvalue weighted by Crippen LogP contribution is 2.48. The SMILES string of the molecule is C#CCCC(=O)[C@@](O[Si](C)(C)C)(c1ccccc1)C1CCC1. The molecule has 0 amide bonds. The van der Waals surface area contributed by atoms with E-state index in [0.29, 0.717) is 12.8 Å². The van der Waals surface area contributed by atoms with Gasteiger partial charge in [0.2, 0.25) is 0 Å². The third-order valence-corrected chi connectivity index (χ3v) is 5.19. The van der Waals surface area contributed by atoms with Gasteiger partial charge < -0.3 is 4.43 Å². The molecule has 22 heavy (non-hydrogen) atoms. The number of terminal acetylenes is 1. The van der Waals surface area contributed by atoms with E-state index in [1.165, 1.54) is 6.42 Å². The van der Waals surface area contributed by atoms with Crippen LogP contribution in [0.4, 0.5) is 0 Å². The molecule has 1 saturated carbocycles. The van der Waals surface area contributed by atoms with E-state index in [4.69, 9.17) is 10.8 Å². The van der Waals surface area contributed by atoms with Gasteiger partial charge in [0.05, 0.1) is 0 Å². The molecule has 0 bridgehead atoms. The van der Waals surface area contributed by atoms with Gasteiger partial charge in [-0.2, -0.15) is 0 Å². The topological polar surface area (TPSA) is 26.3 Å². The monoisotopic (exact) mass is 314 g/mol. The minimum absolute atomic E-state index is 0.156. The van der Waals surface area contributed by atoms with Gasteiger partial charge in [0, 0.05) is 12.8 Å². The van der Waals surface area contributed by atoms with E-state index in [1.807, 2.05) is 30.3 Å². The van der Waals surface area contributed by atoms with Crippen molar-refractivity contribution in [2.75, 3.05) is 0 Å². The lowest BCUT2D eigenvalue weighted by molar-refractivity contribution is -0.146. The molecule has 0 radical (unpaired) electrons. The zero-order valence-corrected chi connectivity index (χ0v) is 14.9. The Bertz CT molecular complexity index is 549. The number of hydrogen-bond acceptors (Lipinski definition) is 2. The van der Waals surface area contributed by atoms with Gasteiger partial charge in [-0.1, -0.05) is 36.8 Å². The average molecular weight is 315 g/mol. The lowest BCUT2D eigenvalue weighted by Crippen LogP contribution is -2.53. The van der Waals surface area contributed by atoms with Gasteiger partial charge in [0.15, 0.2) is 14.1 Å². The standard InChI is InChI=1S/C19H26O2Si/c1-5-6-15-18(20)19(17-13-10-14-17,21-22(2,3)4)16-11-8-7-9-12-16/h1,7-9,11-12,17H,6,10,13-15H2,2-4H3/t19-/m1/s1. The van der Waals surface area contributed by atoms with Crippen LogP contribution in [0.3, 0.4) is 0 Å². The normalized spacial score (nSPS) is 18.1. The van der Waals surface area contributed by atoms with E-state index in [1.54, 1.807) is 0 Å². The second kappa shape index (κ2) is 6.81. The first-order valence-electron chi connectivity index (χ1n) is 8.12. The van der Waals surface area contributed by atoms with E-state index in [0.717, 1.165) is 18.4 Å². The molecule has 0 unspecified atom stereocenters. The maximum absolute atomic E-state index is 13.1. The van der Waals surface area contributed by atoms with Gasteiger partial charge in [-0.15, -0.1) is 12.3 Å². The van der Waals surface area contributed by atoms with Crippen molar-refractivity contribution < 1.29 is 9.22 Å². The van der Waals surface area contributed by atoms with Gasteiger partial charge in [-0.05, 0) is 44.0 Å². The van der Waals surface area contributed by atoms with Crippen molar-refractivity contribution in [3.05, 3.63) is 35.9 Å². The van der Waals surface area contributed by atoms with Crippen molar-refractivity contribution in [2.24, 2.45) is 5.92 Å². The number of benzene rings is 1. The fourth-order valence-electron chi connectivity index (χ4n) is 3.18. The van der Waals surface area contributed by atoms with Crippen LogP contribution in [0.1, 0.15) is 37.7 Å². The molecule has 1 aromatic carbocycles. The van der Waals surface area contributed by atoms with Crippen molar-refractivity contribution in [3.8, 4) is 12.3 Å². The predicted octanol–water partition coefficient (Wildman–Crippen LogP) is 4.52. The molecule has 2 rings (SSSR count). The Balaban J connectivity index is 2.48. The van der Waals surface area contributed by atoms with Gasteiger partial charge >= 0.3 is 0 Å². The minimum Gasteiger partial charge on any atom is -0.401 e. The van der Waals surface area contributed by atoms with Gasteiger partial charge in [0.25, 0.3) is 0 Å². The molecular weight excluding hydrogens is 288 g/mol. The van der Waals surface area contributed by atoms with Gasteiger partial charge in [-0.3, -0.25) is 4.79 Å². The number of rotatable bonds is 7. The number of Topliss-reactive ketones (excluding diaryl/α,β-unsaturated/α-hetero) is 1. The summed E-state index contributed by atoms with van der Waals surface area (Å²) in [5.74, 6) is 3.04. The molecule has 1 aliphatic carbocycles. The zero-order valence-electron chi connectivity index (χ0n) is 13.9. The molecule has 1 aromatic rings. The van der Waals surface area contributed by atoms with Crippen LogP contribution >= 0.6 is 0 Å². The Kier molecular flexibility index (Phi) is 5.26. The van der Waals surface area contributed by atoms with Crippen LogP contribution in [0.5, 0.6) is 0 Å². The molecule has 0 spiro atoms. The molecule has 3 heteroatoms. The van der Waals surface area contributed by atoms with E-state index < -0.39 is 13.9 Å². The first-order chi connectivity index (χ1) is 10.4. The maximum Gasteiger partial charge on any atom is 0.185 e. The summed E-state index contributed by atoms with van der Waals surface area (Å²) < 4.78 is 6.60. The van der Waals surface area contributed by atoms with Crippen LogP contribution in [0, 0.1) is 18.3 Å². The van der Waals surface area contributed by atoms with Crippen molar-refractivity contribution in [3.63, 3.8) is 0 Å². The molecule has 1 aliphatic rings. The summed E-state index contributed by atoms with van der Waals surface area (Å²) in [4.78, 5) is 13.1. The Morgan fingerprint density at radius 2 is 1.95 bits per heavy atom. The third-order valence-electron chi connectivity index (χ3n) is 4.26. The van der Waals surface area contributed by atoms with Crippen LogP contribution in [0.2, 0.25) is 19.6 Å². The molecule has 118 valence electrons. The average Bonchev–Trinajstić information content (AvgIpc) is 2.41. The van der Waals surface area contributed by atoms with E-state index >= 15 is 0 Å². The Hall–Kier alpha value is -1.37. The van der Waals surface area contributed by atoms with Crippen LogP contribution in [-0.4, -0.2) is 14.1 Å².